The predicted octanol–water partition coefficient (Wildman–Crippen LogP) is 3.91. The summed E-state index contributed by atoms with van der Waals surface area (Å²) >= 11 is 1.91. The fourth-order valence-corrected chi connectivity index (χ4v) is 2.53. The van der Waals surface area contributed by atoms with Gasteiger partial charge < -0.3 is 15.4 Å². The van der Waals surface area contributed by atoms with Gasteiger partial charge in [-0.2, -0.15) is 11.8 Å². The topological polar surface area (TPSA) is 50.4 Å². The number of carbonyl (C=O) groups is 1. The SMILES string of the molecule is CSCCCCCNCC(CNC(=O)OC(C)(C)C)C(C)C. The van der Waals surface area contributed by atoms with Crippen LogP contribution in [0, 0.1) is 11.8 Å². The molecule has 0 saturated carbocycles. The van der Waals surface area contributed by atoms with E-state index in [1.807, 2.05) is 32.5 Å². The maximum absolute atomic E-state index is 11.7. The molecule has 0 saturated heterocycles. The molecule has 4 nitrogen and oxygen atoms in total. The quantitative estimate of drug-likeness (QED) is 0.563. The molecule has 0 rings (SSSR count). The number of thioether (sulfide) groups is 1. The van der Waals surface area contributed by atoms with Gasteiger partial charge in [0, 0.05) is 6.54 Å². The first-order valence-corrected chi connectivity index (χ1v) is 9.82. The van der Waals surface area contributed by atoms with Crippen LogP contribution in [0.5, 0.6) is 0 Å². The molecule has 0 aromatic rings. The first-order valence-electron chi connectivity index (χ1n) is 8.42. The molecule has 5 heteroatoms. The molecule has 132 valence electrons. The lowest BCUT2D eigenvalue weighted by Gasteiger charge is -2.24. The highest BCUT2D eigenvalue weighted by Crippen LogP contribution is 2.10. The van der Waals surface area contributed by atoms with Gasteiger partial charge in [0.15, 0.2) is 0 Å². The summed E-state index contributed by atoms with van der Waals surface area (Å²) in [7, 11) is 0. The summed E-state index contributed by atoms with van der Waals surface area (Å²) in [5, 5.41) is 6.40. The summed E-state index contributed by atoms with van der Waals surface area (Å²) < 4.78 is 5.28. The summed E-state index contributed by atoms with van der Waals surface area (Å²) in [6.45, 7) is 12.7. The molecule has 0 aliphatic rings. The number of ether oxygens (including phenoxy) is 1. The van der Waals surface area contributed by atoms with E-state index >= 15 is 0 Å². The highest BCUT2D eigenvalue weighted by molar-refractivity contribution is 7.98. The Morgan fingerprint density at radius 3 is 2.36 bits per heavy atom. The number of hydrogen-bond donors (Lipinski definition) is 2. The van der Waals surface area contributed by atoms with E-state index in [4.69, 9.17) is 4.74 Å². The number of hydrogen-bond acceptors (Lipinski definition) is 4. The molecular weight excluding hydrogens is 296 g/mol. The molecule has 0 aliphatic heterocycles. The molecular formula is C17H36N2O2S. The minimum Gasteiger partial charge on any atom is -0.444 e. The molecule has 0 aromatic heterocycles. The summed E-state index contributed by atoms with van der Waals surface area (Å²) in [6.07, 6.45) is 5.65. The minimum atomic E-state index is -0.438. The van der Waals surface area contributed by atoms with Crippen molar-refractivity contribution in [1.82, 2.24) is 10.6 Å². The molecule has 1 unspecified atom stereocenters. The van der Waals surface area contributed by atoms with Crippen molar-refractivity contribution in [2.45, 2.75) is 59.5 Å². The Bertz CT molecular complexity index is 291. The van der Waals surface area contributed by atoms with Crippen LogP contribution in [0.1, 0.15) is 53.9 Å². The minimum absolute atomic E-state index is 0.324. The zero-order valence-electron chi connectivity index (χ0n) is 15.3. The van der Waals surface area contributed by atoms with Gasteiger partial charge in [-0.05, 0) is 70.5 Å². The van der Waals surface area contributed by atoms with E-state index < -0.39 is 5.60 Å². The van der Waals surface area contributed by atoms with Crippen LogP contribution in [0.15, 0.2) is 0 Å². The van der Waals surface area contributed by atoms with Crippen LogP contribution in [0.25, 0.3) is 0 Å². The maximum Gasteiger partial charge on any atom is 0.407 e. The molecule has 0 radical (unpaired) electrons. The summed E-state index contributed by atoms with van der Waals surface area (Å²) in [5.41, 5.74) is -0.438. The Labute approximate surface area is 141 Å². The van der Waals surface area contributed by atoms with Crippen molar-refractivity contribution < 1.29 is 9.53 Å². The van der Waals surface area contributed by atoms with Crippen LogP contribution in [0.2, 0.25) is 0 Å². The molecule has 0 aromatic carbocycles. The monoisotopic (exact) mass is 332 g/mol. The number of rotatable bonds is 11. The summed E-state index contributed by atoms with van der Waals surface area (Å²) in [4.78, 5) is 11.7. The first kappa shape index (κ1) is 21.6. The van der Waals surface area contributed by atoms with E-state index in [1.54, 1.807) is 0 Å². The van der Waals surface area contributed by atoms with Gasteiger partial charge in [0.05, 0.1) is 0 Å². The van der Waals surface area contributed by atoms with Crippen LogP contribution in [-0.2, 0) is 4.74 Å². The number of nitrogens with one attached hydrogen (secondary N) is 2. The normalized spacial score (nSPS) is 13.2. The Kier molecular flexibility index (Phi) is 11.8. The van der Waals surface area contributed by atoms with Crippen molar-refractivity contribution >= 4 is 17.9 Å². The third kappa shape index (κ3) is 13.3. The van der Waals surface area contributed by atoms with Gasteiger partial charge in [0.25, 0.3) is 0 Å². The Balaban J connectivity index is 3.85. The lowest BCUT2D eigenvalue weighted by atomic mass is 9.95. The van der Waals surface area contributed by atoms with Gasteiger partial charge in [0.2, 0.25) is 0 Å². The molecule has 0 fully saturated rings. The van der Waals surface area contributed by atoms with E-state index in [0.717, 1.165) is 13.1 Å². The lowest BCUT2D eigenvalue weighted by molar-refractivity contribution is 0.0515. The van der Waals surface area contributed by atoms with E-state index in [0.29, 0.717) is 18.4 Å². The average molecular weight is 333 g/mol. The van der Waals surface area contributed by atoms with Gasteiger partial charge in [-0.15, -0.1) is 0 Å². The molecule has 1 atom stereocenters. The van der Waals surface area contributed by atoms with Crippen molar-refractivity contribution in [2.75, 3.05) is 31.6 Å². The van der Waals surface area contributed by atoms with Crippen LogP contribution < -0.4 is 10.6 Å². The fraction of sp³-hybridized carbons (Fsp3) is 0.941. The van der Waals surface area contributed by atoms with Crippen molar-refractivity contribution in [3.8, 4) is 0 Å². The van der Waals surface area contributed by atoms with Crippen LogP contribution in [0.3, 0.4) is 0 Å². The number of amides is 1. The second kappa shape index (κ2) is 12.1. The third-order valence-electron chi connectivity index (χ3n) is 3.46. The summed E-state index contributed by atoms with van der Waals surface area (Å²) in [6, 6.07) is 0. The Morgan fingerprint density at radius 2 is 1.82 bits per heavy atom. The number of unbranched alkanes of at least 4 members (excludes halogenated alkanes) is 2. The van der Waals surface area contributed by atoms with Gasteiger partial charge in [-0.3, -0.25) is 0 Å². The van der Waals surface area contributed by atoms with Gasteiger partial charge in [-0.1, -0.05) is 20.3 Å². The maximum atomic E-state index is 11.7. The van der Waals surface area contributed by atoms with E-state index in [2.05, 4.69) is 30.7 Å². The van der Waals surface area contributed by atoms with Crippen LogP contribution >= 0.6 is 11.8 Å². The zero-order valence-corrected chi connectivity index (χ0v) is 16.1. The third-order valence-corrected chi connectivity index (χ3v) is 4.16. The molecule has 0 spiro atoms. The van der Waals surface area contributed by atoms with Gasteiger partial charge in [-0.25, -0.2) is 4.79 Å². The zero-order chi connectivity index (χ0) is 17.0. The molecule has 2 N–H and O–H groups in total. The molecule has 22 heavy (non-hydrogen) atoms. The van der Waals surface area contributed by atoms with Crippen LogP contribution in [0.4, 0.5) is 4.79 Å². The van der Waals surface area contributed by atoms with Crippen molar-refractivity contribution in [2.24, 2.45) is 11.8 Å². The molecule has 0 heterocycles. The van der Waals surface area contributed by atoms with E-state index in [1.165, 1.54) is 25.0 Å². The number of carbonyl (C=O) groups excluding carboxylic acids is 1. The largest absolute Gasteiger partial charge is 0.444 e. The predicted molar refractivity (Wildman–Crippen MR) is 97.7 cm³/mol. The Hall–Kier alpha value is -0.420. The molecule has 1 amide bonds. The van der Waals surface area contributed by atoms with E-state index in [-0.39, 0.29) is 6.09 Å². The highest BCUT2D eigenvalue weighted by atomic mass is 32.2. The van der Waals surface area contributed by atoms with Crippen molar-refractivity contribution in [3.05, 3.63) is 0 Å². The Morgan fingerprint density at radius 1 is 1.14 bits per heavy atom. The fourth-order valence-electron chi connectivity index (χ4n) is 2.03. The van der Waals surface area contributed by atoms with Crippen molar-refractivity contribution in [1.29, 1.82) is 0 Å². The standard InChI is InChI=1S/C17H36N2O2S/c1-14(2)15(12-18-10-8-7-9-11-22-6)13-19-16(20)21-17(3,4)5/h14-15,18H,7-13H2,1-6H3,(H,19,20). The van der Waals surface area contributed by atoms with Gasteiger partial charge >= 0.3 is 6.09 Å². The first-order chi connectivity index (χ1) is 10.3. The van der Waals surface area contributed by atoms with Gasteiger partial charge in [0.1, 0.15) is 5.60 Å². The average Bonchev–Trinajstić information content (AvgIpc) is 2.38. The molecule has 0 aliphatic carbocycles. The second-order valence-electron chi connectivity index (χ2n) is 7.14. The van der Waals surface area contributed by atoms with Crippen molar-refractivity contribution in [3.63, 3.8) is 0 Å². The summed E-state index contributed by atoms with van der Waals surface area (Å²) in [5.74, 6) is 2.21. The number of alkyl carbamates (subject to hydrolysis) is 1. The van der Waals surface area contributed by atoms with E-state index in [9.17, 15) is 4.79 Å². The molecule has 0 bridgehead atoms. The highest BCUT2D eigenvalue weighted by Gasteiger charge is 2.18. The second-order valence-corrected chi connectivity index (χ2v) is 8.13. The lowest BCUT2D eigenvalue weighted by Crippen LogP contribution is -2.39. The van der Waals surface area contributed by atoms with Crippen LogP contribution in [-0.4, -0.2) is 43.3 Å². The smallest absolute Gasteiger partial charge is 0.407 e.